The first-order valence-electron chi connectivity index (χ1n) is 7.81. The highest BCUT2D eigenvalue weighted by Gasteiger charge is 2.38. The monoisotopic (exact) mass is 324 g/mol. The molecule has 0 aliphatic carbocycles. The van der Waals surface area contributed by atoms with Crippen LogP contribution in [0.25, 0.3) is 0 Å². The zero-order chi connectivity index (χ0) is 14.7. The van der Waals surface area contributed by atoms with Gasteiger partial charge in [0, 0.05) is 13.1 Å². The molecule has 1 aromatic rings. The molecule has 2 aliphatic heterocycles. The summed E-state index contributed by atoms with van der Waals surface area (Å²) in [5.74, 6) is -0.256. The third kappa shape index (κ3) is 3.80. The Morgan fingerprint density at radius 1 is 1.32 bits per heavy atom. The smallest absolute Gasteiger partial charge is 0.337 e. The molecule has 0 atom stereocenters. The molecule has 0 amide bonds. The summed E-state index contributed by atoms with van der Waals surface area (Å²) < 4.78 is 4.79. The molecule has 1 N–H and O–H groups in total. The highest BCUT2D eigenvalue weighted by atomic mass is 35.5. The van der Waals surface area contributed by atoms with Gasteiger partial charge in [-0.2, -0.15) is 0 Å². The minimum absolute atomic E-state index is 0. The van der Waals surface area contributed by atoms with Crippen LogP contribution in [0.5, 0.6) is 0 Å². The number of likely N-dealkylation sites (tertiary alicyclic amines) is 1. The van der Waals surface area contributed by atoms with E-state index in [9.17, 15) is 4.79 Å². The molecule has 0 bridgehead atoms. The van der Waals surface area contributed by atoms with Gasteiger partial charge in [-0.15, -0.1) is 12.4 Å². The van der Waals surface area contributed by atoms with Crippen LogP contribution in [0.3, 0.4) is 0 Å². The topological polar surface area (TPSA) is 41.6 Å². The van der Waals surface area contributed by atoms with Crippen LogP contribution in [-0.2, 0) is 11.3 Å². The Morgan fingerprint density at radius 3 is 2.82 bits per heavy atom. The molecule has 22 heavy (non-hydrogen) atoms. The van der Waals surface area contributed by atoms with Crippen LogP contribution >= 0.6 is 12.4 Å². The van der Waals surface area contributed by atoms with Crippen LogP contribution in [0.4, 0.5) is 0 Å². The number of ether oxygens (including phenoxy) is 1. The number of nitrogens with zero attached hydrogens (tertiary/aromatic N) is 1. The number of piperidine rings is 1. The zero-order valence-corrected chi connectivity index (χ0v) is 14.0. The molecular formula is C17H25ClN2O2. The highest BCUT2D eigenvalue weighted by molar-refractivity contribution is 5.89. The van der Waals surface area contributed by atoms with Crippen molar-refractivity contribution < 1.29 is 9.53 Å². The van der Waals surface area contributed by atoms with Gasteiger partial charge in [0.1, 0.15) is 0 Å². The number of methoxy groups -OCH3 is 1. The van der Waals surface area contributed by atoms with Crippen LogP contribution in [0.2, 0.25) is 0 Å². The lowest BCUT2D eigenvalue weighted by Gasteiger charge is -2.34. The highest BCUT2D eigenvalue weighted by Crippen LogP contribution is 2.38. The van der Waals surface area contributed by atoms with Crippen molar-refractivity contribution in [3.05, 3.63) is 35.4 Å². The lowest BCUT2D eigenvalue weighted by Crippen LogP contribution is -2.38. The number of esters is 1. The normalized spacial score (nSPS) is 20.6. The number of carbonyl (C=O) groups is 1. The van der Waals surface area contributed by atoms with Crippen molar-refractivity contribution in [3.63, 3.8) is 0 Å². The maximum absolute atomic E-state index is 11.6. The Morgan fingerprint density at radius 2 is 2.09 bits per heavy atom. The number of carbonyl (C=O) groups excluding carboxylic acids is 1. The van der Waals surface area contributed by atoms with Gasteiger partial charge in [-0.1, -0.05) is 12.1 Å². The van der Waals surface area contributed by atoms with Crippen molar-refractivity contribution in [2.45, 2.75) is 25.8 Å². The van der Waals surface area contributed by atoms with Crippen LogP contribution in [0.1, 0.15) is 35.2 Å². The maximum Gasteiger partial charge on any atom is 0.337 e. The molecule has 1 aromatic carbocycles. The molecule has 1 spiro atoms. The van der Waals surface area contributed by atoms with Crippen LogP contribution in [0, 0.1) is 5.41 Å². The SMILES string of the molecule is COC(=O)c1cccc(CN2CCC3(CCNCC3)C2)c1.Cl. The molecule has 2 saturated heterocycles. The first-order chi connectivity index (χ1) is 10.2. The predicted octanol–water partition coefficient (Wildman–Crippen LogP) is 2.47. The van der Waals surface area contributed by atoms with Crippen molar-refractivity contribution in [1.29, 1.82) is 0 Å². The summed E-state index contributed by atoms with van der Waals surface area (Å²) in [5, 5.41) is 3.46. The van der Waals surface area contributed by atoms with Crippen molar-refractivity contribution in [2.24, 2.45) is 5.41 Å². The van der Waals surface area contributed by atoms with Gasteiger partial charge >= 0.3 is 5.97 Å². The van der Waals surface area contributed by atoms with E-state index in [2.05, 4.69) is 16.3 Å². The number of nitrogens with one attached hydrogen (secondary N) is 1. The fraction of sp³-hybridized carbons (Fsp3) is 0.588. The van der Waals surface area contributed by atoms with Crippen LogP contribution in [0.15, 0.2) is 24.3 Å². The summed E-state index contributed by atoms with van der Waals surface area (Å²) in [5.41, 5.74) is 2.38. The lowest BCUT2D eigenvalue weighted by molar-refractivity contribution is 0.0600. The van der Waals surface area contributed by atoms with E-state index in [1.54, 1.807) is 0 Å². The van der Waals surface area contributed by atoms with E-state index in [-0.39, 0.29) is 18.4 Å². The predicted molar refractivity (Wildman–Crippen MR) is 89.5 cm³/mol. The molecule has 0 radical (unpaired) electrons. The third-order valence-corrected chi connectivity index (χ3v) is 4.94. The van der Waals surface area contributed by atoms with E-state index in [0.29, 0.717) is 11.0 Å². The second-order valence-electron chi connectivity index (χ2n) is 6.40. The Balaban J connectivity index is 0.00000176. The van der Waals surface area contributed by atoms with Crippen molar-refractivity contribution >= 4 is 18.4 Å². The molecule has 4 nitrogen and oxygen atoms in total. The molecule has 122 valence electrons. The lowest BCUT2D eigenvalue weighted by atomic mass is 9.78. The molecular weight excluding hydrogens is 300 g/mol. The van der Waals surface area contributed by atoms with E-state index >= 15 is 0 Å². The average molecular weight is 325 g/mol. The second-order valence-corrected chi connectivity index (χ2v) is 6.40. The summed E-state index contributed by atoms with van der Waals surface area (Å²) >= 11 is 0. The van der Waals surface area contributed by atoms with Gasteiger partial charge < -0.3 is 10.1 Å². The Hall–Kier alpha value is -1.10. The minimum Gasteiger partial charge on any atom is -0.465 e. The molecule has 0 unspecified atom stereocenters. The fourth-order valence-electron chi connectivity index (χ4n) is 3.70. The number of halogens is 1. The van der Waals surface area contributed by atoms with Gasteiger partial charge in [0.05, 0.1) is 12.7 Å². The van der Waals surface area contributed by atoms with Gasteiger partial charge in [0.15, 0.2) is 0 Å². The molecule has 5 heteroatoms. The van der Waals surface area contributed by atoms with Crippen LogP contribution < -0.4 is 5.32 Å². The van der Waals surface area contributed by atoms with Crippen molar-refractivity contribution in [2.75, 3.05) is 33.3 Å². The van der Waals surface area contributed by atoms with Gasteiger partial charge in [-0.25, -0.2) is 4.79 Å². The Bertz CT molecular complexity index is 515. The molecule has 0 aromatic heterocycles. The van der Waals surface area contributed by atoms with Crippen molar-refractivity contribution in [1.82, 2.24) is 10.2 Å². The average Bonchev–Trinajstić information content (AvgIpc) is 2.89. The summed E-state index contributed by atoms with van der Waals surface area (Å²) in [6.45, 7) is 5.61. The Kier molecular flexibility index (Phi) is 5.84. The van der Waals surface area contributed by atoms with E-state index in [4.69, 9.17) is 4.74 Å². The van der Waals surface area contributed by atoms with Crippen LogP contribution in [-0.4, -0.2) is 44.2 Å². The molecule has 2 heterocycles. The summed E-state index contributed by atoms with van der Waals surface area (Å²) in [4.78, 5) is 14.1. The first-order valence-corrected chi connectivity index (χ1v) is 7.81. The number of hydrogen-bond donors (Lipinski definition) is 1. The van der Waals surface area contributed by atoms with Gasteiger partial charge in [0.2, 0.25) is 0 Å². The Labute approximate surface area is 138 Å². The zero-order valence-electron chi connectivity index (χ0n) is 13.1. The first kappa shape index (κ1) is 17.3. The number of benzene rings is 1. The summed E-state index contributed by atoms with van der Waals surface area (Å²) in [7, 11) is 1.43. The summed E-state index contributed by atoms with van der Waals surface area (Å²) in [6.07, 6.45) is 3.91. The quantitative estimate of drug-likeness (QED) is 0.867. The molecule has 0 saturated carbocycles. The molecule has 3 rings (SSSR count). The molecule has 2 fully saturated rings. The van der Waals surface area contributed by atoms with Gasteiger partial charge in [-0.05, 0) is 62.0 Å². The standard InChI is InChI=1S/C17H24N2O2.ClH/c1-21-16(20)15-4-2-3-14(11-15)12-19-10-7-17(13-19)5-8-18-9-6-17;/h2-4,11,18H,5-10,12-13H2,1H3;1H. The van der Waals surface area contributed by atoms with Gasteiger partial charge in [-0.3, -0.25) is 4.90 Å². The van der Waals surface area contributed by atoms with E-state index in [1.165, 1.54) is 45.0 Å². The number of rotatable bonds is 3. The third-order valence-electron chi connectivity index (χ3n) is 4.94. The van der Waals surface area contributed by atoms with Crippen molar-refractivity contribution in [3.8, 4) is 0 Å². The van der Waals surface area contributed by atoms with E-state index in [0.717, 1.165) is 19.6 Å². The minimum atomic E-state index is -0.256. The van der Waals surface area contributed by atoms with Gasteiger partial charge in [0.25, 0.3) is 0 Å². The molecule has 2 aliphatic rings. The van der Waals surface area contributed by atoms with E-state index < -0.39 is 0 Å². The fourth-order valence-corrected chi connectivity index (χ4v) is 3.70. The summed E-state index contributed by atoms with van der Waals surface area (Å²) in [6, 6.07) is 7.81. The largest absolute Gasteiger partial charge is 0.465 e. The maximum atomic E-state index is 11.6. The van der Waals surface area contributed by atoms with E-state index in [1.807, 2.05) is 18.2 Å². The number of hydrogen-bond acceptors (Lipinski definition) is 4. The second kappa shape index (κ2) is 7.44.